The molecule has 0 aliphatic rings. The standard InChI is InChI=1S/C29H24N2O3S/c1-21-11-5-8-16-25(21)31(29-30-24-15-7-10-18-27(24)35-29)28(32)23-14-6-9-17-26(23)34-20-19-33-22-12-3-2-4-13-22/h2-18H,19-20H2,1H3. The van der Waals surface area contributed by atoms with Crippen molar-refractivity contribution < 1.29 is 14.3 Å². The van der Waals surface area contributed by atoms with E-state index in [2.05, 4.69) is 0 Å². The number of anilines is 2. The Labute approximate surface area is 208 Å². The number of rotatable bonds is 8. The van der Waals surface area contributed by atoms with Crippen LogP contribution in [0.5, 0.6) is 11.5 Å². The van der Waals surface area contributed by atoms with Gasteiger partial charge in [0.25, 0.3) is 5.91 Å². The number of ether oxygens (including phenoxy) is 2. The van der Waals surface area contributed by atoms with Crippen molar-refractivity contribution in [3.8, 4) is 11.5 Å². The van der Waals surface area contributed by atoms with Crippen LogP contribution in [0.3, 0.4) is 0 Å². The maximum atomic E-state index is 14.0. The molecule has 0 radical (unpaired) electrons. The van der Waals surface area contributed by atoms with Crippen molar-refractivity contribution in [2.24, 2.45) is 0 Å². The fourth-order valence-corrected chi connectivity index (χ4v) is 4.76. The molecule has 0 aliphatic heterocycles. The Kier molecular flexibility index (Phi) is 6.73. The van der Waals surface area contributed by atoms with Crippen LogP contribution >= 0.6 is 11.3 Å². The zero-order valence-corrected chi connectivity index (χ0v) is 20.1. The summed E-state index contributed by atoms with van der Waals surface area (Å²) in [7, 11) is 0. The van der Waals surface area contributed by atoms with Crippen LogP contribution in [-0.4, -0.2) is 24.1 Å². The summed E-state index contributed by atoms with van der Waals surface area (Å²) in [6.07, 6.45) is 0. The van der Waals surface area contributed by atoms with Crippen LogP contribution < -0.4 is 14.4 Å². The Bertz CT molecular complexity index is 1420. The van der Waals surface area contributed by atoms with Crippen molar-refractivity contribution in [1.29, 1.82) is 0 Å². The van der Waals surface area contributed by atoms with E-state index in [4.69, 9.17) is 14.5 Å². The van der Waals surface area contributed by atoms with E-state index < -0.39 is 0 Å². The fraction of sp³-hybridized carbons (Fsp3) is 0.103. The van der Waals surface area contributed by atoms with E-state index in [9.17, 15) is 4.79 Å². The molecular formula is C29H24N2O3S. The third-order valence-corrected chi connectivity index (χ3v) is 6.53. The molecule has 35 heavy (non-hydrogen) atoms. The molecule has 0 unspecified atom stereocenters. The first-order valence-electron chi connectivity index (χ1n) is 11.4. The monoisotopic (exact) mass is 480 g/mol. The average molecular weight is 481 g/mol. The summed E-state index contributed by atoms with van der Waals surface area (Å²) in [5.74, 6) is 1.09. The third-order valence-electron chi connectivity index (χ3n) is 5.50. The fourth-order valence-electron chi connectivity index (χ4n) is 3.79. The molecule has 0 saturated carbocycles. The molecule has 0 bridgehead atoms. The molecule has 0 N–H and O–H groups in total. The number of fused-ring (bicyclic) bond motifs is 1. The van der Waals surface area contributed by atoms with E-state index >= 15 is 0 Å². The second kappa shape index (κ2) is 10.4. The van der Waals surface area contributed by atoms with Gasteiger partial charge in [0.05, 0.1) is 21.5 Å². The van der Waals surface area contributed by atoms with Crippen LogP contribution in [0.4, 0.5) is 10.8 Å². The second-order valence-corrected chi connectivity index (χ2v) is 8.91. The van der Waals surface area contributed by atoms with E-state index in [1.807, 2.05) is 104 Å². The molecule has 4 aromatic carbocycles. The van der Waals surface area contributed by atoms with Crippen LogP contribution in [0.15, 0.2) is 103 Å². The van der Waals surface area contributed by atoms with Crippen LogP contribution in [0, 0.1) is 6.92 Å². The summed E-state index contributed by atoms with van der Waals surface area (Å²) in [6, 6.07) is 32.6. The molecule has 0 aliphatic carbocycles. The molecule has 1 amide bonds. The molecule has 5 nitrogen and oxygen atoms in total. The number of aromatic nitrogens is 1. The number of para-hydroxylation sites is 4. The minimum absolute atomic E-state index is 0.196. The van der Waals surface area contributed by atoms with Gasteiger partial charge in [-0.05, 0) is 55.0 Å². The zero-order chi connectivity index (χ0) is 24.0. The highest BCUT2D eigenvalue weighted by molar-refractivity contribution is 7.22. The summed E-state index contributed by atoms with van der Waals surface area (Å²) in [4.78, 5) is 20.5. The number of hydrogen-bond acceptors (Lipinski definition) is 5. The second-order valence-electron chi connectivity index (χ2n) is 7.90. The molecule has 0 fully saturated rings. The first-order chi connectivity index (χ1) is 17.2. The van der Waals surface area contributed by atoms with Gasteiger partial charge in [0.1, 0.15) is 24.7 Å². The lowest BCUT2D eigenvalue weighted by Gasteiger charge is -2.23. The van der Waals surface area contributed by atoms with Gasteiger partial charge in [-0.1, -0.05) is 72.0 Å². The third kappa shape index (κ3) is 5.03. The van der Waals surface area contributed by atoms with Gasteiger partial charge in [0.15, 0.2) is 5.13 Å². The van der Waals surface area contributed by atoms with Crippen molar-refractivity contribution in [2.45, 2.75) is 6.92 Å². The largest absolute Gasteiger partial charge is 0.490 e. The van der Waals surface area contributed by atoms with Crippen LogP contribution in [-0.2, 0) is 0 Å². The van der Waals surface area contributed by atoms with E-state index in [1.54, 1.807) is 11.0 Å². The molecule has 5 aromatic rings. The van der Waals surface area contributed by atoms with E-state index in [0.717, 1.165) is 27.2 Å². The number of amides is 1. The lowest BCUT2D eigenvalue weighted by Crippen LogP contribution is -2.27. The maximum absolute atomic E-state index is 14.0. The molecule has 5 rings (SSSR count). The Balaban J connectivity index is 1.44. The Hall–Kier alpha value is -4.16. The molecule has 0 atom stereocenters. The average Bonchev–Trinajstić information content (AvgIpc) is 3.32. The molecular weight excluding hydrogens is 456 g/mol. The number of aryl methyl sites for hydroxylation is 1. The number of carbonyl (C=O) groups is 1. The van der Waals surface area contributed by atoms with Crippen molar-refractivity contribution in [1.82, 2.24) is 4.98 Å². The van der Waals surface area contributed by atoms with Gasteiger partial charge in [-0.2, -0.15) is 0 Å². The molecule has 1 heterocycles. The zero-order valence-electron chi connectivity index (χ0n) is 19.3. The topological polar surface area (TPSA) is 51.7 Å². The first-order valence-corrected chi connectivity index (χ1v) is 12.2. The number of nitrogens with zero attached hydrogens (tertiary/aromatic N) is 2. The lowest BCUT2D eigenvalue weighted by molar-refractivity contribution is 0.0994. The minimum Gasteiger partial charge on any atom is -0.490 e. The smallest absolute Gasteiger partial charge is 0.268 e. The van der Waals surface area contributed by atoms with Crippen molar-refractivity contribution in [3.05, 3.63) is 114 Å². The summed E-state index contributed by atoms with van der Waals surface area (Å²) in [6.45, 7) is 2.67. The van der Waals surface area contributed by atoms with Gasteiger partial charge in [-0.25, -0.2) is 4.98 Å². The number of hydrogen-bond donors (Lipinski definition) is 0. The van der Waals surface area contributed by atoms with Gasteiger partial charge < -0.3 is 9.47 Å². The number of thiazole rings is 1. The molecule has 174 valence electrons. The summed E-state index contributed by atoms with van der Waals surface area (Å²) >= 11 is 1.49. The predicted molar refractivity (Wildman–Crippen MR) is 141 cm³/mol. The molecule has 0 saturated heterocycles. The van der Waals surface area contributed by atoms with Crippen LogP contribution in [0.1, 0.15) is 15.9 Å². The van der Waals surface area contributed by atoms with Gasteiger partial charge in [0, 0.05) is 0 Å². The highest BCUT2D eigenvalue weighted by atomic mass is 32.1. The number of carbonyl (C=O) groups excluding carboxylic acids is 1. The van der Waals surface area contributed by atoms with Crippen molar-refractivity contribution in [2.75, 3.05) is 18.1 Å². The van der Waals surface area contributed by atoms with Gasteiger partial charge in [0.2, 0.25) is 0 Å². The van der Waals surface area contributed by atoms with Crippen molar-refractivity contribution in [3.63, 3.8) is 0 Å². The highest BCUT2D eigenvalue weighted by Crippen LogP contribution is 2.37. The Morgan fingerprint density at radius 3 is 2.31 bits per heavy atom. The summed E-state index contributed by atoms with van der Waals surface area (Å²) in [5, 5.41) is 0.618. The predicted octanol–water partition coefficient (Wildman–Crippen LogP) is 7.04. The Morgan fingerprint density at radius 2 is 1.49 bits per heavy atom. The van der Waals surface area contributed by atoms with Gasteiger partial charge in [-0.15, -0.1) is 0 Å². The summed E-state index contributed by atoms with van der Waals surface area (Å²) < 4.78 is 12.8. The lowest BCUT2D eigenvalue weighted by atomic mass is 10.1. The number of benzene rings is 4. The van der Waals surface area contributed by atoms with E-state index in [-0.39, 0.29) is 5.91 Å². The quantitative estimate of drug-likeness (QED) is 0.224. The maximum Gasteiger partial charge on any atom is 0.268 e. The summed E-state index contributed by atoms with van der Waals surface area (Å²) in [5.41, 5.74) is 3.10. The SMILES string of the molecule is Cc1ccccc1N(C(=O)c1ccccc1OCCOc1ccccc1)c1nc2ccccc2s1. The molecule has 6 heteroatoms. The Morgan fingerprint density at radius 1 is 0.800 bits per heavy atom. The molecule has 1 aromatic heterocycles. The van der Waals surface area contributed by atoms with E-state index in [1.165, 1.54) is 11.3 Å². The van der Waals surface area contributed by atoms with Crippen LogP contribution in [0.25, 0.3) is 10.2 Å². The first kappa shape index (κ1) is 22.6. The van der Waals surface area contributed by atoms with Gasteiger partial charge >= 0.3 is 0 Å². The molecule has 0 spiro atoms. The minimum atomic E-state index is -0.196. The van der Waals surface area contributed by atoms with E-state index in [0.29, 0.717) is 29.7 Å². The van der Waals surface area contributed by atoms with Crippen molar-refractivity contribution >= 4 is 38.3 Å². The normalized spacial score (nSPS) is 10.8. The van der Waals surface area contributed by atoms with Gasteiger partial charge in [-0.3, -0.25) is 9.69 Å². The van der Waals surface area contributed by atoms with Crippen LogP contribution in [0.2, 0.25) is 0 Å². The highest BCUT2D eigenvalue weighted by Gasteiger charge is 2.26.